The van der Waals surface area contributed by atoms with Crippen molar-refractivity contribution in [2.24, 2.45) is 10.2 Å². The number of nitrogens with one attached hydrogen (secondary N) is 2. The lowest BCUT2D eigenvalue weighted by molar-refractivity contribution is -0.126. The van der Waals surface area contributed by atoms with E-state index in [0.717, 1.165) is 76.4 Å². The summed E-state index contributed by atoms with van der Waals surface area (Å²) in [6.45, 7) is 10.4. The molecule has 0 aromatic rings. The van der Waals surface area contributed by atoms with Crippen LogP contribution < -0.4 is 10.9 Å². The number of likely N-dealkylation sites (tertiary alicyclic amines) is 2. The molecule has 2 amide bonds. The Balaban J connectivity index is 1.61. The maximum absolute atomic E-state index is 11.8. The molecule has 2 N–H and O–H groups in total. The minimum Gasteiger partial charge on any atom is -0.303 e. The largest absolute Gasteiger partial charge is 0.303 e. The Morgan fingerprint density at radius 2 is 1.12 bits per heavy atom. The number of piperidine rings is 2. The second-order valence-electron chi connectivity index (χ2n) is 6.79. The lowest BCUT2D eigenvalue weighted by Crippen LogP contribution is -2.35. The lowest BCUT2D eigenvalue weighted by Gasteiger charge is -2.25. The van der Waals surface area contributed by atoms with Gasteiger partial charge in [-0.3, -0.25) is 9.59 Å². The number of amides is 2. The van der Waals surface area contributed by atoms with Gasteiger partial charge >= 0.3 is 0 Å². The van der Waals surface area contributed by atoms with Gasteiger partial charge in [-0.25, -0.2) is 10.9 Å². The van der Waals surface area contributed by atoms with Crippen LogP contribution in [-0.2, 0) is 9.59 Å². The molecular weight excluding hydrogens is 332 g/mol. The van der Waals surface area contributed by atoms with Crippen LogP contribution in [0.4, 0.5) is 0 Å². The van der Waals surface area contributed by atoms with Crippen LogP contribution in [0.1, 0.15) is 52.4 Å². The monoisotopic (exact) mass is 364 g/mol. The maximum atomic E-state index is 11.8. The topological polar surface area (TPSA) is 89.4 Å². The number of carbonyl (C=O) groups excluding carboxylic acids is 2. The summed E-state index contributed by atoms with van der Waals surface area (Å²) in [5, 5.41) is 8.38. The van der Waals surface area contributed by atoms with Crippen molar-refractivity contribution in [1.82, 2.24) is 20.7 Å². The average Bonchev–Trinajstić information content (AvgIpc) is 2.69. The van der Waals surface area contributed by atoms with E-state index in [1.807, 2.05) is 0 Å². The molecule has 0 saturated carbocycles. The molecule has 0 bridgehead atoms. The molecule has 0 unspecified atom stereocenters. The predicted octanol–water partition coefficient (Wildman–Crippen LogP) is 0.942. The van der Waals surface area contributed by atoms with E-state index in [-0.39, 0.29) is 24.7 Å². The van der Waals surface area contributed by atoms with Crippen molar-refractivity contribution in [3.63, 3.8) is 0 Å². The minimum absolute atomic E-state index is 0.123. The van der Waals surface area contributed by atoms with Crippen LogP contribution in [0.25, 0.3) is 0 Å². The highest BCUT2D eigenvalue weighted by Gasteiger charge is 2.15. The molecule has 0 atom stereocenters. The van der Waals surface area contributed by atoms with Gasteiger partial charge < -0.3 is 9.80 Å². The van der Waals surface area contributed by atoms with Crippen molar-refractivity contribution in [3.05, 3.63) is 0 Å². The lowest BCUT2D eigenvalue weighted by atomic mass is 10.1. The molecule has 146 valence electrons. The number of rotatable bonds is 7. The van der Waals surface area contributed by atoms with E-state index in [1.54, 1.807) is 0 Å². The van der Waals surface area contributed by atoms with E-state index < -0.39 is 0 Å². The van der Waals surface area contributed by atoms with Gasteiger partial charge in [-0.05, 0) is 13.1 Å². The van der Waals surface area contributed by atoms with E-state index in [1.165, 1.54) is 0 Å². The van der Waals surface area contributed by atoms with Gasteiger partial charge in [0.1, 0.15) is 0 Å². The van der Waals surface area contributed by atoms with Gasteiger partial charge in [0.15, 0.2) is 0 Å². The maximum Gasteiger partial charge on any atom is 0.240 e. The molecule has 0 aromatic heterocycles. The number of hydrogen-bond acceptors (Lipinski definition) is 6. The highest BCUT2D eigenvalue weighted by atomic mass is 16.2. The fourth-order valence-corrected chi connectivity index (χ4v) is 3.10. The van der Waals surface area contributed by atoms with E-state index in [2.05, 4.69) is 44.7 Å². The van der Waals surface area contributed by atoms with Gasteiger partial charge in [0.05, 0.1) is 0 Å². The van der Waals surface area contributed by atoms with Crippen molar-refractivity contribution in [2.45, 2.75) is 52.4 Å². The molecule has 26 heavy (non-hydrogen) atoms. The zero-order valence-corrected chi connectivity index (χ0v) is 16.1. The van der Waals surface area contributed by atoms with E-state index in [0.29, 0.717) is 0 Å². The summed E-state index contributed by atoms with van der Waals surface area (Å²) in [7, 11) is 0. The summed E-state index contributed by atoms with van der Waals surface area (Å²) in [5.41, 5.74) is 7.18. The molecule has 0 aliphatic carbocycles. The molecule has 8 nitrogen and oxygen atoms in total. The smallest absolute Gasteiger partial charge is 0.240 e. The fraction of sp³-hybridized carbons (Fsp3) is 0.778. The summed E-state index contributed by atoms with van der Waals surface area (Å²) in [6.07, 6.45) is 3.81. The van der Waals surface area contributed by atoms with Crippen molar-refractivity contribution in [3.8, 4) is 0 Å². The van der Waals surface area contributed by atoms with Gasteiger partial charge in [-0.2, -0.15) is 10.2 Å². The van der Waals surface area contributed by atoms with Gasteiger partial charge in [0, 0.05) is 76.1 Å². The van der Waals surface area contributed by atoms with Gasteiger partial charge in [0.25, 0.3) is 0 Å². The minimum atomic E-state index is -0.227. The van der Waals surface area contributed by atoms with Crippen molar-refractivity contribution in [2.75, 3.05) is 39.3 Å². The second kappa shape index (κ2) is 11.0. The molecule has 8 heteroatoms. The zero-order valence-electron chi connectivity index (χ0n) is 16.1. The first-order valence-electron chi connectivity index (χ1n) is 9.74. The summed E-state index contributed by atoms with van der Waals surface area (Å²) >= 11 is 0. The number of nitrogens with zero attached hydrogens (tertiary/aromatic N) is 4. The number of hydrogen-bond donors (Lipinski definition) is 2. The summed E-state index contributed by atoms with van der Waals surface area (Å²) in [5.74, 6) is -0.455. The molecule has 2 rings (SSSR count). The normalized spacial score (nSPS) is 19.2. The van der Waals surface area contributed by atoms with Crippen LogP contribution in [-0.4, -0.2) is 72.3 Å². The van der Waals surface area contributed by atoms with E-state index >= 15 is 0 Å². The molecule has 0 aromatic carbocycles. The van der Waals surface area contributed by atoms with Gasteiger partial charge in [-0.1, -0.05) is 13.8 Å². The molecule has 0 spiro atoms. The second-order valence-corrected chi connectivity index (χ2v) is 6.79. The summed E-state index contributed by atoms with van der Waals surface area (Å²) in [6, 6.07) is 0. The Morgan fingerprint density at radius 1 is 0.769 bits per heavy atom. The summed E-state index contributed by atoms with van der Waals surface area (Å²) in [4.78, 5) is 28.4. The molecule has 2 fully saturated rings. The molecule has 2 saturated heterocycles. The highest BCUT2D eigenvalue weighted by Crippen LogP contribution is 2.07. The van der Waals surface area contributed by atoms with Crippen molar-refractivity contribution in [1.29, 1.82) is 0 Å². The highest BCUT2D eigenvalue weighted by molar-refractivity contribution is 5.89. The van der Waals surface area contributed by atoms with Crippen molar-refractivity contribution >= 4 is 23.2 Å². The first kappa shape index (κ1) is 20.5. The molecular formula is C18H32N6O2. The fourth-order valence-electron chi connectivity index (χ4n) is 3.10. The zero-order chi connectivity index (χ0) is 18.8. The van der Waals surface area contributed by atoms with Crippen LogP contribution in [0, 0.1) is 0 Å². The van der Waals surface area contributed by atoms with Crippen LogP contribution in [0.3, 0.4) is 0 Å². The molecule has 2 aliphatic heterocycles. The molecule has 2 heterocycles. The molecule has 0 radical (unpaired) electrons. The third-order valence-electron chi connectivity index (χ3n) is 5.02. The SMILES string of the molecule is CCN1CCC(=NNC(=O)CCC(=O)NN=C2CCN(CC)CC2)CC1. The number of carbonyl (C=O) groups is 2. The Hall–Kier alpha value is -1.80. The standard InChI is InChI=1S/C18H32N6O2/c1-3-23-11-7-15(8-12-23)19-21-17(25)5-6-18(26)22-20-16-9-13-24(4-2)14-10-16/h3-14H2,1-2H3,(H,21,25)(H,22,26). The van der Waals surface area contributed by atoms with Crippen LogP contribution in [0.5, 0.6) is 0 Å². The average molecular weight is 364 g/mol. The quantitative estimate of drug-likeness (QED) is 0.658. The third-order valence-corrected chi connectivity index (χ3v) is 5.02. The Morgan fingerprint density at radius 3 is 1.42 bits per heavy atom. The first-order chi connectivity index (χ1) is 12.6. The summed E-state index contributed by atoms with van der Waals surface area (Å²) < 4.78 is 0. The van der Waals surface area contributed by atoms with Gasteiger partial charge in [-0.15, -0.1) is 0 Å². The van der Waals surface area contributed by atoms with E-state index in [4.69, 9.17) is 0 Å². The Kier molecular flexibility index (Phi) is 8.70. The third kappa shape index (κ3) is 7.21. The van der Waals surface area contributed by atoms with Crippen LogP contribution >= 0.6 is 0 Å². The predicted molar refractivity (Wildman–Crippen MR) is 103 cm³/mol. The van der Waals surface area contributed by atoms with Crippen LogP contribution in [0.2, 0.25) is 0 Å². The van der Waals surface area contributed by atoms with Crippen molar-refractivity contribution < 1.29 is 9.59 Å². The van der Waals surface area contributed by atoms with E-state index in [9.17, 15) is 9.59 Å². The Bertz CT molecular complexity index is 478. The van der Waals surface area contributed by atoms with Crippen LogP contribution in [0.15, 0.2) is 10.2 Å². The number of hydrazone groups is 2. The first-order valence-corrected chi connectivity index (χ1v) is 9.74. The van der Waals surface area contributed by atoms with Gasteiger partial charge in [0.2, 0.25) is 11.8 Å². The Labute approximate surface area is 156 Å². The molecule has 2 aliphatic rings.